The van der Waals surface area contributed by atoms with Gasteiger partial charge in [0.15, 0.2) is 5.13 Å². The molecule has 2 aromatic carbocycles. The Morgan fingerprint density at radius 1 is 1.12 bits per heavy atom. The largest absolute Gasteiger partial charge is 0.497 e. The second-order valence-corrected chi connectivity index (χ2v) is 8.49. The minimum Gasteiger partial charge on any atom is -0.497 e. The van der Waals surface area contributed by atoms with Crippen molar-refractivity contribution < 1.29 is 14.3 Å². The Labute approximate surface area is 195 Å². The maximum Gasteiger partial charge on any atom is 0.257 e. The fourth-order valence-corrected chi connectivity index (χ4v) is 4.08. The highest BCUT2D eigenvalue weighted by atomic mass is 32.1. The molecule has 0 saturated carbocycles. The Bertz CT molecular complexity index is 1250. The number of anilines is 2. The number of amides is 2. The Balaban J connectivity index is 1.40. The Hall–Kier alpha value is -3.98. The summed E-state index contributed by atoms with van der Waals surface area (Å²) >= 11 is 1.41. The minimum atomic E-state index is -0.292. The second-order valence-electron chi connectivity index (χ2n) is 7.29. The number of imidazole rings is 1. The van der Waals surface area contributed by atoms with Crippen molar-refractivity contribution in [3.05, 3.63) is 77.7 Å². The van der Waals surface area contributed by atoms with Gasteiger partial charge in [0.2, 0.25) is 5.91 Å². The van der Waals surface area contributed by atoms with E-state index >= 15 is 0 Å². The van der Waals surface area contributed by atoms with E-state index in [1.54, 1.807) is 50.1 Å². The first-order valence-corrected chi connectivity index (χ1v) is 11.1. The van der Waals surface area contributed by atoms with Gasteiger partial charge in [0.25, 0.3) is 5.91 Å². The lowest BCUT2D eigenvalue weighted by molar-refractivity contribution is -0.116. The molecule has 0 bridgehead atoms. The number of benzene rings is 2. The summed E-state index contributed by atoms with van der Waals surface area (Å²) < 4.78 is 7.03. The molecule has 2 heterocycles. The molecule has 168 valence electrons. The van der Waals surface area contributed by atoms with Crippen molar-refractivity contribution in [1.82, 2.24) is 14.5 Å². The van der Waals surface area contributed by atoms with E-state index in [9.17, 15) is 9.59 Å². The monoisotopic (exact) mass is 461 g/mol. The number of rotatable bonds is 8. The molecular formula is C24H23N5O3S. The summed E-state index contributed by atoms with van der Waals surface area (Å²) in [5.41, 5.74) is 2.76. The van der Waals surface area contributed by atoms with Gasteiger partial charge in [0.1, 0.15) is 5.75 Å². The molecule has 0 aliphatic heterocycles. The summed E-state index contributed by atoms with van der Waals surface area (Å²) in [4.78, 5) is 34.6. The van der Waals surface area contributed by atoms with E-state index in [0.29, 0.717) is 29.3 Å². The zero-order valence-corrected chi connectivity index (χ0v) is 19.1. The number of methoxy groups -OCH3 is 1. The Morgan fingerprint density at radius 3 is 2.67 bits per heavy atom. The van der Waals surface area contributed by atoms with Gasteiger partial charge < -0.3 is 14.6 Å². The molecule has 33 heavy (non-hydrogen) atoms. The van der Waals surface area contributed by atoms with Crippen molar-refractivity contribution in [3.8, 4) is 17.0 Å². The maximum atomic E-state index is 12.8. The summed E-state index contributed by atoms with van der Waals surface area (Å²) in [6.07, 6.45) is 5.44. The van der Waals surface area contributed by atoms with Crippen molar-refractivity contribution in [2.75, 3.05) is 17.7 Å². The highest BCUT2D eigenvalue weighted by Gasteiger charge is 2.14. The van der Waals surface area contributed by atoms with Crippen LogP contribution in [0.1, 0.15) is 21.7 Å². The van der Waals surface area contributed by atoms with Crippen molar-refractivity contribution in [3.63, 3.8) is 0 Å². The van der Waals surface area contributed by atoms with Gasteiger partial charge in [-0.05, 0) is 49.4 Å². The van der Waals surface area contributed by atoms with Gasteiger partial charge in [-0.1, -0.05) is 6.07 Å². The van der Waals surface area contributed by atoms with Crippen molar-refractivity contribution in [2.45, 2.75) is 19.9 Å². The van der Waals surface area contributed by atoms with Gasteiger partial charge in [-0.25, -0.2) is 9.97 Å². The standard InChI is InChI=1S/C24H23N5O3S/c1-16-22(17-6-8-20(32-2)9-7-17)27-24(33-16)28-23(31)18-4-3-5-19(14-18)26-21(30)10-12-29-13-11-25-15-29/h3-9,11,13-15H,10,12H2,1-2H3,(H,26,30)(H,27,28,31). The first kappa shape index (κ1) is 22.2. The number of nitrogens with zero attached hydrogens (tertiary/aromatic N) is 3. The van der Waals surface area contributed by atoms with Crippen LogP contribution in [0, 0.1) is 6.92 Å². The Kier molecular flexibility index (Phi) is 6.80. The van der Waals surface area contributed by atoms with Crippen LogP contribution >= 0.6 is 11.3 Å². The molecule has 2 aromatic heterocycles. The number of nitrogens with one attached hydrogen (secondary N) is 2. The fraction of sp³-hybridized carbons (Fsp3) is 0.167. The van der Waals surface area contributed by atoms with Crippen LogP contribution in [0.15, 0.2) is 67.3 Å². The SMILES string of the molecule is COc1ccc(-c2nc(NC(=O)c3cccc(NC(=O)CCn4ccnc4)c3)sc2C)cc1. The van der Waals surface area contributed by atoms with Crippen LogP contribution in [0.25, 0.3) is 11.3 Å². The lowest BCUT2D eigenvalue weighted by Crippen LogP contribution is -2.15. The fourth-order valence-electron chi connectivity index (χ4n) is 3.25. The van der Waals surface area contributed by atoms with Gasteiger partial charge in [-0.3, -0.25) is 14.9 Å². The van der Waals surface area contributed by atoms with E-state index in [4.69, 9.17) is 4.74 Å². The topological polar surface area (TPSA) is 98.1 Å². The maximum absolute atomic E-state index is 12.8. The highest BCUT2D eigenvalue weighted by molar-refractivity contribution is 7.16. The van der Waals surface area contributed by atoms with E-state index in [-0.39, 0.29) is 11.8 Å². The average Bonchev–Trinajstić information content (AvgIpc) is 3.47. The third kappa shape index (κ3) is 5.64. The molecule has 0 aliphatic carbocycles. The molecule has 0 atom stereocenters. The molecule has 0 aliphatic rings. The van der Waals surface area contributed by atoms with Crippen LogP contribution in [0.2, 0.25) is 0 Å². The van der Waals surface area contributed by atoms with Crippen LogP contribution in [-0.4, -0.2) is 33.5 Å². The lowest BCUT2D eigenvalue weighted by atomic mass is 10.1. The Morgan fingerprint density at radius 2 is 1.94 bits per heavy atom. The van der Waals surface area contributed by atoms with Crippen LogP contribution < -0.4 is 15.4 Å². The minimum absolute atomic E-state index is 0.138. The summed E-state index contributed by atoms with van der Waals surface area (Å²) in [5, 5.41) is 6.20. The van der Waals surface area contributed by atoms with Gasteiger partial charge in [-0.15, -0.1) is 11.3 Å². The van der Waals surface area contributed by atoms with Crippen LogP contribution in [-0.2, 0) is 11.3 Å². The number of thiazole rings is 1. The number of carbonyl (C=O) groups is 2. The molecule has 0 fully saturated rings. The molecule has 2 N–H and O–H groups in total. The predicted molar refractivity (Wildman–Crippen MR) is 129 cm³/mol. The third-order valence-corrected chi connectivity index (χ3v) is 5.83. The molecule has 2 amide bonds. The lowest BCUT2D eigenvalue weighted by Gasteiger charge is -2.08. The van der Waals surface area contributed by atoms with Gasteiger partial charge in [0, 0.05) is 47.1 Å². The van der Waals surface area contributed by atoms with Crippen molar-refractivity contribution in [2.24, 2.45) is 0 Å². The zero-order chi connectivity index (χ0) is 23.2. The van der Waals surface area contributed by atoms with E-state index < -0.39 is 0 Å². The van der Waals surface area contributed by atoms with Crippen LogP contribution in [0.4, 0.5) is 10.8 Å². The predicted octanol–water partition coefficient (Wildman–Crippen LogP) is 4.60. The number of hydrogen-bond acceptors (Lipinski definition) is 6. The number of aromatic nitrogens is 3. The normalized spacial score (nSPS) is 10.6. The molecule has 8 nitrogen and oxygen atoms in total. The quantitative estimate of drug-likeness (QED) is 0.399. The molecule has 0 spiro atoms. The molecule has 9 heteroatoms. The van der Waals surface area contributed by atoms with Gasteiger partial charge >= 0.3 is 0 Å². The molecule has 0 radical (unpaired) electrons. The third-order valence-electron chi connectivity index (χ3n) is 4.95. The van der Waals surface area contributed by atoms with Gasteiger partial charge in [0.05, 0.1) is 19.1 Å². The molecule has 4 aromatic rings. The first-order valence-electron chi connectivity index (χ1n) is 10.3. The number of aryl methyl sites for hydroxylation is 2. The van der Waals surface area contributed by atoms with E-state index in [0.717, 1.165) is 21.9 Å². The smallest absolute Gasteiger partial charge is 0.257 e. The van der Waals surface area contributed by atoms with E-state index in [1.807, 2.05) is 35.8 Å². The molecule has 0 saturated heterocycles. The summed E-state index contributed by atoms with van der Waals surface area (Å²) in [5.74, 6) is 0.342. The number of carbonyl (C=O) groups excluding carboxylic acids is 2. The average molecular weight is 462 g/mol. The highest BCUT2D eigenvalue weighted by Crippen LogP contribution is 2.31. The number of ether oxygens (including phenoxy) is 1. The van der Waals surface area contributed by atoms with E-state index in [1.165, 1.54) is 11.3 Å². The van der Waals surface area contributed by atoms with Crippen molar-refractivity contribution in [1.29, 1.82) is 0 Å². The zero-order valence-electron chi connectivity index (χ0n) is 18.2. The summed E-state index contributed by atoms with van der Waals surface area (Å²) in [6.45, 7) is 2.50. The van der Waals surface area contributed by atoms with E-state index in [2.05, 4.69) is 20.6 Å². The van der Waals surface area contributed by atoms with Crippen LogP contribution in [0.5, 0.6) is 5.75 Å². The molecular weight excluding hydrogens is 438 g/mol. The van der Waals surface area contributed by atoms with Gasteiger partial charge in [-0.2, -0.15) is 0 Å². The summed E-state index contributed by atoms with van der Waals surface area (Å²) in [6, 6.07) is 14.5. The molecule has 4 rings (SSSR count). The number of hydrogen-bond donors (Lipinski definition) is 2. The second kappa shape index (κ2) is 10.1. The van der Waals surface area contributed by atoms with Crippen molar-refractivity contribution >= 4 is 34.0 Å². The molecule has 0 unspecified atom stereocenters. The summed E-state index contributed by atoms with van der Waals surface area (Å²) in [7, 11) is 1.62. The first-order chi connectivity index (χ1) is 16.0. The van der Waals surface area contributed by atoms with Crippen LogP contribution in [0.3, 0.4) is 0 Å².